The third-order valence-electron chi connectivity index (χ3n) is 5.87. The molecule has 1 saturated heterocycles. The van der Waals surface area contributed by atoms with Crippen LogP contribution in [0.3, 0.4) is 0 Å². The highest BCUT2D eigenvalue weighted by Gasteiger charge is 2.28. The summed E-state index contributed by atoms with van der Waals surface area (Å²) in [5, 5.41) is 9.10. The average molecular weight is 438 g/mol. The molecule has 1 fully saturated rings. The van der Waals surface area contributed by atoms with E-state index in [-0.39, 0.29) is 24.4 Å². The quantitative estimate of drug-likeness (QED) is 0.614. The van der Waals surface area contributed by atoms with Gasteiger partial charge in [-0.2, -0.15) is 0 Å². The van der Waals surface area contributed by atoms with Gasteiger partial charge in [0.05, 0.1) is 6.33 Å². The Morgan fingerprint density at radius 2 is 1.91 bits per heavy atom. The molecule has 0 bridgehead atoms. The van der Waals surface area contributed by atoms with E-state index in [4.69, 9.17) is 9.84 Å². The summed E-state index contributed by atoms with van der Waals surface area (Å²) in [5.41, 5.74) is 3.52. The number of rotatable bonds is 7. The fraction of sp³-hybridized carbons (Fsp3) is 0.360. The zero-order valence-corrected chi connectivity index (χ0v) is 18.2. The van der Waals surface area contributed by atoms with Crippen molar-refractivity contribution in [2.24, 2.45) is 7.05 Å². The third-order valence-corrected chi connectivity index (χ3v) is 5.87. The van der Waals surface area contributed by atoms with Gasteiger partial charge in [0.25, 0.3) is 5.91 Å². The van der Waals surface area contributed by atoms with Crippen LogP contribution in [0.5, 0.6) is 0 Å². The van der Waals surface area contributed by atoms with Crippen molar-refractivity contribution in [1.29, 1.82) is 0 Å². The van der Waals surface area contributed by atoms with Gasteiger partial charge in [0.15, 0.2) is 0 Å². The molecule has 168 valence electrons. The van der Waals surface area contributed by atoms with Gasteiger partial charge in [0, 0.05) is 51.2 Å². The molecule has 0 radical (unpaired) electrons. The van der Waals surface area contributed by atoms with Crippen molar-refractivity contribution in [3.8, 4) is 11.1 Å². The first-order valence-corrected chi connectivity index (χ1v) is 10.9. The summed E-state index contributed by atoms with van der Waals surface area (Å²) in [5.74, 6) is -0.436. The van der Waals surface area contributed by atoms with Crippen molar-refractivity contribution < 1.29 is 19.0 Å². The molecule has 3 aromatic rings. The number of amides is 1. The van der Waals surface area contributed by atoms with Crippen LogP contribution in [-0.2, 0) is 24.8 Å². The second-order valence-electron chi connectivity index (χ2n) is 8.19. The van der Waals surface area contributed by atoms with Crippen molar-refractivity contribution in [1.82, 2.24) is 14.5 Å². The first kappa shape index (κ1) is 22.2. The molecule has 0 saturated carbocycles. The number of carbonyl (C=O) groups is 1. The Kier molecular flexibility index (Phi) is 6.97. The lowest BCUT2D eigenvalue weighted by atomic mass is 9.99. The smallest absolute Gasteiger partial charge is 0.274 e. The molecule has 1 N–H and O–H groups in total. The monoisotopic (exact) mass is 437 g/mol. The van der Waals surface area contributed by atoms with E-state index in [2.05, 4.69) is 4.98 Å². The number of aliphatic hydroxyl groups excluding tert-OH is 1. The van der Waals surface area contributed by atoms with Crippen LogP contribution in [0.2, 0.25) is 0 Å². The summed E-state index contributed by atoms with van der Waals surface area (Å²) in [6.45, 7) is 1.68. The number of aryl methyl sites for hydroxylation is 1. The van der Waals surface area contributed by atoms with Crippen molar-refractivity contribution in [2.45, 2.75) is 31.8 Å². The molecule has 1 aliphatic heterocycles. The fourth-order valence-electron chi connectivity index (χ4n) is 4.10. The number of nitrogens with zero attached hydrogens (tertiary/aromatic N) is 3. The fourth-order valence-corrected chi connectivity index (χ4v) is 4.10. The van der Waals surface area contributed by atoms with Gasteiger partial charge in [-0.1, -0.05) is 30.3 Å². The average Bonchev–Trinajstić information content (AvgIpc) is 3.26. The SMILES string of the molecule is Cn1cnc(C(=O)N(Cc2ccc(F)c(-c3ccc(CCO)cc3)c2)C2CCOCC2)c1. The summed E-state index contributed by atoms with van der Waals surface area (Å²) in [6, 6.07) is 12.6. The van der Waals surface area contributed by atoms with E-state index in [1.807, 2.05) is 42.3 Å². The van der Waals surface area contributed by atoms with Gasteiger partial charge in [-0.05, 0) is 48.1 Å². The van der Waals surface area contributed by atoms with Crippen molar-refractivity contribution in [3.63, 3.8) is 0 Å². The largest absolute Gasteiger partial charge is 0.396 e. The molecule has 1 aliphatic rings. The molecule has 6 nitrogen and oxygen atoms in total. The van der Waals surface area contributed by atoms with E-state index in [0.29, 0.717) is 37.4 Å². The molecule has 1 aromatic heterocycles. The first-order chi connectivity index (χ1) is 15.5. The van der Waals surface area contributed by atoms with E-state index >= 15 is 0 Å². The molecule has 0 aliphatic carbocycles. The van der Waals surface area contributed by atoms with Gasteiger partial charge in [0.1, 0.15) is 11.5 Å². The van der Waals surface area contributed by atoms with E-state index in [9.17, 15) is 9.18 Å². The number of aliphatic hydroxyl groups is 1. The topological polar surface area (TPSA) is 67.6 Å². The van der Waals surface area contributed by atoms with E-state index in [1.54, 1.807) is 23.2 Å². The van der Waals surface area contributed by atoms with Crippen LogP contribution < -0.4 is 0 Å². The molecule has 0 spiro atoms. The minimum Gasteiger partial charge on any atom is -0.396 e. The zero-order valence-electron chi connectivity index (χ0n) is 18.2. The second-order valence-corrected chi connectivity index (χ2v) is 8.19. The Morgan fingerprint density at radius 1 is 1.19 bits per heavy atom. The normalized spacial score (nSPS) is 14.5. The van der Waals surface area contributed by atoms with Gasteiger partial charge in [-0.15, -0.1) is 0 Å². The molecule has 0 atom stereocenters. The number of hydrogen-bond acceptors (Lipinski definition) is 4. The number of carbonyl (C=O) groups excluding carboxylic acids is 1. The van der Waals surface area contributed by atoms with Gasteiger partial charge in [-0.3, -0.25) is 4.79 Å². The maximum atomic E-state index is 14.7. The summed E-state index contributed by atoms with van der Waals surface area (Å²) in [4.78, 5) is 19.4. The number of ether oxygens (including phenoxy) is 1. The lowest BCUT2D eigenvalue weighted by Crippen LogP contribution is -2.43. The maximum absolute atomic E-state index is 14.7. The lowest BCUT2D eigenvalue weighted by molar-refractivity contribution is 0.0264. The lowest BCUT2D eigenvalue weighted by Gasteiger charge is -2.34. The summed E-state index contributed by atoms with van der Waals surface area (Å²) in [6.07, 6.45) is 5.43. The highest BCUT2D eigenvalue weighted by atomic mass is 19.1. The van der Waals surface area contributed by atoms with Crippen LogP contribution in [0.25, 0.3) is 11.1 Å². The molecule has 0 unspecified atom stereocenters. The van der Waals surface area contributed by atoms with E-state index < -0.39 is 0 Å². The minimum absolute atomic E-state index is 0.0459. The van der Waals surface area contributed by atoms with Gasteiger partial charge in [0.2, 0.25) is 0 Å². The second kappa shape index (κ2) is 10.1. The number of hydrogen-bond donors (Lipinski definition) is 1. The molecule has 4 rings (SSSR count). The Balaban J connectivity index is 1.61. The molecular weight excluding hydrogens is 409 g/mol. The first-order valence-electron chi connectivity index (χ1n) is 10.9. The molecule has 2 aromatic carbocycles. The summed E-state index contributed by atoms with van der Waals surface area (Å²) in [7, 11) is 1.83. The van der Waals surface area contributed by atoms with Crippen LogP contribution >= 0.6 is 0 Å². The maximum Gasteiger partial charge on any atom is 0.274 e. The molecule has 2 heterocycles. The van der Waals surface area contributed by atoms with Crippen LogP contribution in [0.1, 0.15) is 34.5 Å². The zero-order chi connectivity index (χ0) is 22.5. The van der Waals surface area contributed by atoms with Crippen molar-refractivity contribution >= 4 is 5.91 Å². The summed E-state index contributed by atoms with van der Waals surface area (Å²) >= 11 is 0. The third kappa shape index (κ3) is 5.06. The molecule has 7 heteroatoms. The van der Waals surface area contributed by atoms with Gasteiger partial charge < -0.3 is 19.3 Å². The Morgan fingerprint density at radius 3 is 2.56 bits per heavy atom. The van der Waals surface area contributed by atoms with Crippen molar-refractivity contribution in [2.75, 3.05) is 19.8 Å². The van der Waals surface area contributed by atoms with Gasteiger partial charge >= 0.3 is 0 Å². The highest BCUT2D eigenvalue weighted by molar-refractivity contribution is 5.92. The predicted molar refractivity (Wildman–Crippen MR) is 120 cm³/mol. The molecular formula is C25H28FN3O3. The minimum atomic E-state index is -0.308. The number of benzene rings is 2. The van der Waals surface area contributed by atoms with E-state index in [0.717, 1.165) is 29.5 Å². The Labute approximate surface area is 187 Å². The van der Waals surface area contributed by atoms with Crippen LogP contribution in [0.15, 0.2) is 55.0 Å². The Bertz CT molecular complexity index is 1060. The Hall–Kier alpha value is -3.03. The van der Waals surface area contributed by atoms with Gasteiger partial charge in [-0.25, -0.2) is 9.37 Å². The predicted octanol–water partition coefficient (Wildman–Crippen LogP) is 3.58. The molecule has 1 amide bonds. The van der Waals surface area contributed by atoms with Crippen LogP contribution in [-0.4, -0.2) is 51.3 Å². The molecule has 32 heavy (non-hydrogen) atoms. The van der Waals surface area contributed by atoms with Crippen molar-refractivity contribution in [3.05, 3.63) is 77.6 Å². The van der Waals surface area contributed by atoms with E-state index in [1.165, 1.54) is 6.07 Å². The van der Waals surface area contributed by atoms with Crippen LogP contribution in [0.4, 0.5) is 4.39 Å². The highest BCUT2D eigenvalue weighted by Crippen LogP contribution is 2.27. The summed E-state index contributed by atoms with van der Waals surface area (Å²) < 4.78 is 21.9. The number of aromatic nitrogens is 2. The number of imidazole rings is 1. The number of halogens is 1. The van der Waals surface area contributed by atoms with Crippen LogP contribution in [0, 0.1) is 5.82 Å². The standard InChI is InChI=1S/C25H28FN3O3/c1-28-16-24(27-17-28)25(31)29(21-9-12-32-13-10-21)15-19-4-7-23(26)22(14-19)20-5-2-18(3-6-20)8-11-30/h2-7,14,16-17,21,30H,8-13,15H2,1H3.